The second kappa shape index (κ2) is 9.68. The molecule has 0 aliphatic heterocycles. The normalized spacial score (nSPS) is 21.8. The highest BCUT2D eigenvalue weighted by molar-refractivity contribution is 5.96. The van der Waals surface area contributed by atoms with E-state index in [1.807, 2.05) is 24.3 Å². The lowest BCUT2D eigenvalue weighted by atomic mass is 9.65. The summed E-state index contributed by atoms with van der Waals surface area (Å²) in [5.41, 5.74) is 2.36. The molecule has 0 bridgehead atoms. The van der Waals surface area contributed by atoms with Crippen molar-refractivity contribution in [3.8, 4) is 5.75 Å². The van der Waals surface area contributed by atoms with E-state index in [9.17, 15) is 4.79 Å². The molecule has 0 saturated heterocycles. The minimum absolute atomic E-state index is 0.0111. The van der Waals surface area contributed by atoms with Crippen molar-refractivity contribution in [2.45, 2.75) is 64.7 Å². The Morgan fingerprint density at radius 2 is 1.67 bits per heavy atom. The molecule has 1 amide bonds. The summed E-state index contributed by atoms with van der Waals surface area (Å²) in [6, 6.07) is 18.2. The Morgan fingerprint density at radius 1 is 1.03 bits per heavy atom. The number of methoxy groups -OCH3 is 1. The van der Waals surface area contributed by atoms with Gasteiger partial charge >= 0.3 is 0 Å². The number of para-hydroxylation sites is 1. The lowest BCUT2D eigenvalue weighted by Crippen LogP contribution is -2.43. The van der Waals surface area contributed by atoms with Crippen LogP contribution in [-0.2, 0) is 5.41 Å². The van der Waals surface area contributed by atoms with E-state index in [2.05, 4.69) is 56.4 Å². The van der Waals surface area contributed by atoms with Gasteiger partial charge in [-0.05, 0) is 67.6 Å². The summed E-state index contributed by atoms with van der Waals surface area (Å²) < 4.78 is 5.38. The molecule has 3 heteroatoms. The monoisotopic (exact) mass is 407 g/mol. The first-order chi connectivity index (χ1) is 14.3. The lowest BCUT2D eigenvalue weighted by molar-refractivity contribution is 0.0927. The SMILES string of the molecule is COc1ccccc1C(=O)NCC1(c2ccccc2)CCC(CCC(C)(C)C)CC1. The standard InChI is InChI=1S/C27H37NO2/c1-26(2,3)17-14-21-15-18-27(19-16-21,22-10-6-5-7-11-22)20-28-25(29)23-12-8-9-13-24(23)30-4/h5-13,21H,14-20H2,1-4H3,(H,28,29). The van der Waals surface area contributed by atoms with E-state index in [4.69, 9.17) is 4.74 Å². The zero-order chi connectivity index (χ0) is 21.6. The van der Waals surface area contributed by atoms with Crippen molar-refractivity contribution >= 4 is 5.91 Å². The van der Waals surface area contributed by atoms with Crippen LogP contribution >= 0.6 is 0 Å². The summed E-state index contributed by atoms with van der Waals surface area (Å²) in [5, 5.41) is 3.23. The predicted molar refractivity (Wildman–Crippen MR) is 124 cm³/mol. The fourth-order valence-electron chi connectivity index (χ4n) is 4.69. The van der Waals surface area contributed by atoms with Crippen LogP contribution in [0.5, 0.6) is 5.75 Å². The van der Waals surface area contributed by atoms with Gasteiger partial charge in [-0.1, -0.05) is 63.2 Å². The molecule has 0 aromatic heterocycles. The topological polar surface area (TPSA) is 38.3 Å². The smallest absolute Gasteiger partial charge is 0.255 e. The highest BCUT2D eigenvalue weighted by Crippen LogP contribution is 2.43. The van der Waals surface area contributed by atoms with Gasteiger partial charge < -0.3 is 10.1 Å². The molecule has 0 spiro atoms. The molecule has 30 heavy (non-hydrogen) atoms. The summed E-state index contributed by atoms with van der Waals surface area (Å²) in [6.07, 6.45) is 7.30. The molecule has 3 rings (SSSR count). The van der Waals surface area contributed by atoms with Gasteiger partial charge in [0.1, 0.15) is 5.75 Å². The minimum atomic E-state index is -0.0578. The van der Waals surface area contributed by atoms with E-state index in [1.54, 1.807) is 7.11 Å². The van der Waals surface area contributed by atoms with Gasteiger partial charge in [-0.15, -0.1) is 0 Å². The van der Waals surface area contributed by atoms with Crippen LogP contribution in [0.1, 0.15) is 75.2 Å². The van der Waals surface area contributed by atoms with E-state index in [-0.39, 0.29) is 11.3 Å². The van der Waals surface area contributed by atoms with Crippen LogP contribution < -0.4 is 10.1 Å². The lowest BCUT2D eigenvalue weighted by Gasteiger charge is -2.41. The van der Waals surface area contributed by atoms with Crippen molar-refractivity contribution in [2.75, 3.05) is 13.7 Å². The molecule has 0 unspecified atom stereocenters. The summed E-state index contributed by atoms with van der Waals surface area (Å²) in [6.45, 7) is 7.66. The molecular weight excluding hydrogens is 370 g/mol. The third kappa shape index (κ3) is 5.65. The Bertz CT molecular complexity index is 814. The number of benzene rings is 2. The molecular formula is C27H37NO2. The number of carbonyl (C=O) groups excluding carboxylic acids is 1. The van der Waals surface area contributed by atoms with E-state index in [0.29, 0.717) is 23.3 Å². The van der Waals surface area contributed by atoms with Crippen molar-refractivity contribution < 1.29 is 9.53 Å². The molecule has 3 nitrogen and oxygen atoms in total. The van der Waals surface area contributed by atoms with Crippen LogP contribution in [-0.4, -0.2) is 19.6 Å². The van der Waals surface area contributed by atoms with E-state index < -0.39 is 0 Å². The number of hydrogen-bond donors (Lipinski definition) is 1. The molecule has 1 aliphatic carbocycles. The maximum atomic E-state index is 12.9. The third-order valence-electron chi connectivity index (χ3n) is 6.69. The molecule has 1 fully saturated rings. The van der Waals surface area contributed by atoms with Gasteiger partial charge in [-0.3, -0.25) is 4.79 Å². The highest BCUT2D eigenvalue weighted by Gasteiger charge is 2.37. The first kappa shape index (κ1) is 22.4. The Kier molecular flexibility index (Phi) is 7.23. The average molecular weight is 408 g/mol. The van der Waals surface area contributed by atoms with Crippen molar-refractivity contribution in [1.82, 2.24) is 5.32 Å². The highest BCUT2D eigenvalue weighted by atomic mass is 16.5. The first-order valence-corrected chi connectivity index (χ1v) is 11.3. The quantitative estimate of drug-likeness (QED) is 0.578. The minimum Gasteiger partial charge on any atom is -0.496 e. The Morgan fingerprint density at radius 3 is 2.30 bits per heavy atom. The van der Waals surface area contributed by atoms with Crippen LogP contribution in [0.2, 0.25) is 0 Å². The van der Waals surface area contributed by atoms with Crippen molar-refractivity contribution in [1.29, 1.82) is 0 Å². The maximum Gasteiger partial charge on any atom is 0.255 e. The van der Waals surface area contributed by atoms with Crippen LogP contribution in [0.25, 0.3) is 0 Å². The summed E-state index contributed by atoms with van der Waals surface area (Å²) in [5.74, 6) is 1.36. The molecule has 1 aliphatic rings. The maximum absolute atomic E-state index is 12.9. The zero-order valence-corrected chi connectivity index (χ0v) is 19.0. The molecule has 0 radical (unpaired) electrons. The molecule has 162 valence electrons. The number of rotatable bonds is 7. The largest absolute Gasteiger partial charge is 0.496 e. The van der Waals surface area contributed by atoms with Crippen LogP contribution in [0, 0.1) is 11.3 Å². The van der Waals surface area contributed by atoms with Gasteiger partial charge in [0.25, 0.3) is 5.91 Å². The zero-order valence-electron chi connectivity index (χ0n) is 19.0. The second-order valence-corrected chi connectivity index (χ2v) is 10.1. The van der Waals surface area contributed by atoms with Gasteiger partial charge in [0.05, 0.1) is 12.7 Å². The Balaban J connectivity index is 1.71. The number of hydrogen-bond acceptors (Lipinski definition) is 2. The van der Waals surface area contributed by atoms with E-state index >= 15 is 0 Å². The fraction of sp³-hybridized carbons (Fsp3) is 0.519. The Hall–Kier alpha value is -2.29. The van der Waals surface area contributed by atoms with Gasteiger partial charge in [0.2, 0.25) is 0 Å². The molecule has 0 atom stereocenters. The van der Waals surface area contributed by atoms with Crippen LogP contribution in [0.3, 0.4) is 0 Å². The van der Waals surface area contributed by atoms with Gasteiger partial charge in [0, 0.05) is 12.0 Å². The Labute approximate surface area is 182 Å². The first-order valence-electron chi connectivity index (χ1n) is 11.3. The summed E-state index contributed by atoms with van der Waals surface area (Å²) in [7, 11) is 1.61. The molecule has 2 aromatic rings. The average Bonchev–Trinajstić information content (AvgIpc) is 2.77. The van der Waals surface area contributed by atoms with Crippen LogP contribution in [0.15, 0.2) is 54.6 Å². The number of carbonyl (C=O) groups is 1. The summed E-state index contributed by atoms with van der Waals surface area (Å²) in [4.78, 5) is 12.9. The molecule has 1 N–H and O–H groups in total. The van der Waals surface area contributed by atoms with Gasteiger partial charge in [-0.2, -0.15) is 0 Å². The van der Waals surface area contributed by atoms with Crippen molar-refractivity contribution in [2.24, 2.45) is 11.3 Å². The number of amides is 1. The van der Waals surface area contributed by atoms with Gasteiger partial charge in [-0.25, -0.2) is 0 Å². The van der Waals surface area contributed by atoms with E-state index in [1.165, 1.54) is 31.2 Å². The van der Waals surface area contributed by atoms with Crippen molar-refractivity contribution in [3.05, 3.63) is 65.7 Å². The molecule has 1 saturated carbocycles. The number of nitrogens with one attached hydrogen (secondary N) is 1. The molecule has 0 heterocycles. The van der Waals surface area contributed by atoms with Crippen molar-refractivity contribution in [3.63, 3.8) is 0 Å². The second-order valence-electron chi connectivity index (χ2n) is 10.1. The summed E-state index contributed by atoms with van der Waals surface area (Å²) >= 11 is 0. The van der Waals surface area contributed by atoms with Gasteiger partial charge in [0.15, 0.2) is 0 Å². The fourth-order valence-corrected chi connectivity index (χ4v) is 4.69. The number of ether oxygens (including phenoxy) is 1. The van der Waals surface area contributed by atoms with Crippen LogP contribution in [0.4, 0.5) is 0 Å². The van der Waals surface area contributed by atoms with E-state index in [0.717, 1.165) is 18.8 Å². The third-order valence-corrected chi connectivity index (χ3v) is 6.69. The molecule has 2 aromatic carbocycles. The predicted octanol–water partition coefficient (Wildman–Crippen LogP) is 6.38.